The Hall–Kier alpha value is -6.13. The van der Waals surface area contributed by atoms with Gasteiger partial charge in [0.05, 0.1) is 0 Å². The molecular weight excluding hydrogens is 550 g/mol. The van der Waals surface area contributed by atoms with Crippen molar-refractivity contribution in [1.82, 2.24) is 15.0 Å². The summed E-state index contributed by atoms with van der Waals surface area (Å²) in [6.07, 6.45) is 0. The standard InChI is InChI=1S/C41H25N3O/c1-3-11-26(12-4-1)32-24-35(37-34-22-21-28-14-9-10-18-33(28)38(34)45-36(37)25-32)41-43-39(29-15-5-2-6-16-29)42-40(44-41)31-20-19-27-13-7-8-17-30(27)23-31/h1-25H. The summed E-state index contributed by atoms with van der Waals surface area (Å²) in [5.41, 5.74) is 6.57. The SMILES string of the molecule is c1ccc(-c2cc(-c3nc(-c4ccccc4)nc(-c4ccc5ccccc5c4)n3)c3c(c2)oc2c4ccccc4ccc23)cc1. The van der Waals surface area contributed by atoms with Crippen molar-refractivity contribution in [2.24, 2.45) is 0 Å². The number of furan rings is 1. The molecule has 0 saturated heterocycles. The molecule has 210 valence electrons. The zero-order valence-corrected chi connectivity index (χ0v) is 24.2. The minimum Gasteiger partial charge on any atom is -0.455 e. The molecule has 2 heterocycles. The fourth-order valence-electron chi connectivity index (χ4n) is 6.28. The molecule has 0 fully saturated rings. The molecule has 0 N–H and O–H groups in total. The Morgan fingerprint density at radius 1 is 0.378 bits per heavy atom. The summed E-state index contributed by atoms with van der Waals surface area (Å²) in [5, 5.41) is 6.56. The summed E-state index contributed by atoms with van der Waals surface area (Å²) in [7, 11) is 0. The van der Waals surface area contributed by atoms with Crippen LogP contribution in [0.15, 0.2) is 156 Å². The summed E-state index contributed by atoms with van der Waals surface area (Å²) in [4.78, 5) is 15.3. The number of hydrogen-bond donors (Lipinski definition) is 0. The highest BCUT2D eigenvalue weighted by Gasteiger charge is 2.20. The monoisotopic (exact) mass is 575 g/mol. The zero-order chi connectivity index (χ0) is 29.7. The third-order valence-electron chi connectivity index (χ3n) is 8.49. The van der Waals surface area contributed by atoms with Gasteiger partial charge in [-0.2, -0.15) is 0 Å². The van der Waals surface area contributed by atoms with Gasteiger partial charge in [0, 0.05) is 32.8 Å². The number of rotatable bonds is 4. The number of benzene rings is 7. The fraction of sp³-hybridized carbons (Fsp3) is 0. The minimum atomic E-state index is 0.602. The molecule has 9 rings (SSSR count). The maximum atomic E-state index is 6.70. The third kappa shape index (κ3) is 4.35. The van der Waals surface area contributed by atoms with Crippen LogP contribution in [0.4, 0.5) is 0 Å². The number of aromatic nitrogens is 3. The molecule has 4 nitrogen and oxygen atoms in total. The van der Waals surface area contributed by atoms with Crippen LogP contribution >= 0.6 is 0 Å². The van der Waals surface area contributed by atoms with E-state index in [1.165, 1.54) is 5.39 Å². The van der Waals surface area contributed by atoms with Crippen LogP contribution in [-0.2, 0) is 0 Å². The van der Waals surface area contributed by atoms with Gasteiger partial charge < -0.3 is 4.42 Å². The van der Waals surface area contributed by atoms with E-state index in [1.807, 2.05) is 36.4 Å². The second-order valence-electron chi connectivity index (χ2n) is 11.3. The highest BCUT2D eigenvalue weighted by atomic mass is 16.3. The highest BCUT2D eigenvalue weighted by molar-refractivity contribution is 6.19. The second-order valence-corrected chi connectivity index (χ2v) is 11.3. The first-order valence-corrected chi connectivity index (χ1v) is 15.0. The fourth-order valence-corrected chi connectivity index (χ4v) is 6.28. The summed E-state index contributed by atoms with van der Waals surface area (Å²) in [6, 6.07) is 52.2. The molecule has 0 aliphatic rings. The molecule has 0 aliphatic carbocycles. The van der Waals surface area contributed by atoms with E-state index in [2.05, 4.69) is 115 Å². The molecule has 2 aromatic heterocycles. The Labute approximate surface area is 259 Å². The average molecular weight is 576 g/mol. The Morgan fingerprint density at radius 2 is 1.00 bits per heavy atom. The van der Waals surface area contributed by atoms with Gasteiger partial charge in [-0.3, -0.25) is 0 Å². The van der Waals surface area contributed by atoms with Crippen molar-refractivity contribution in [2.45, 2.75) is 0 Å². The minimum absolute atomic E-state index is 0.602. The van der Waals surface area contributed by atoms with Crippen molar-refractivity contribution >= 4 is 43.5 Å². The average Bonchev–Trinajstić information content (AvgIpc) is 3.51. The van der Waals surface area contributed by atoms with Crippen LogP contribution in [0.5, 0.6) is 0 Å². The molecule has 0 radical (unpaired) electrons. The lowest BCUT2D eigenvalue weighted by molar-refractivity contribution is 0.673. The van der Waals surface area contributed by atoms with Gasteiger partial charge in [-0.1, -0.05) is 127 Å². The molecule has 0 spiro atoms. The lowest BCUT2D eigenvalue weighted by atomic mass is 9.97. The topological polar surface area (TPSA) is 51.8 Å². The summed E-state index contributed by atoms with van der Waals surface area (Å²) < 4.78 is 6.70. The van der Waals surface area contributed by atoms with Crippen molar-refractivity contribution < 1.29 is 4.42 Å². The van der Waals surface area contributed by atoms with Crippen LogP contribution in [0.1, 0.15) is 0 Å². The molecule has 4 heteroatoms. The number of fused-ring (bicyclic) bond motifs is 6. The van der Waals surface area contributed by atoms with Gasteiger partial charge in [-0.05, 0) is 51.6 Å². The first-order valence-electron chi connectivity index (χ1n) is 15.0. The quantitative estimate of drug-likeness (QED) is 0.209. The van der Waals surface area contributed by atoms with Crippen LogP contribution in [0, 0.1) is 0 Å². The lowest BCUT2D eigenvalue weighted by Gasteiger charge is -2.11. The molecule has 0 saturated carbocycles. The van der Waals surface area contributed by atoms with E-state index < -0.39 is 0 Å². The molecule has 0 atom stereocenters. The van der Waals surface area contributed by atoms with Crippen LogP contribution in [0.3, 0.4) is 0 Å². The lowest BCUT2D eigenvalue weighted by Crippen LogP contribution is -2.00. The van der Waals surface area contributed by atoms with Gasteiger partial charge in [-0.25, -0.2) is 15.0 Å². The first kappa shape index (κ1) is 25.4. The second kappa shape index (κ2) is 10.2. The number of hydrogen-bond acceptors (Lipinski definition) is 4. The Kier molecular flexibility index (Phi) is 5.78. The van der Waals surface area contributed by atoms with Gasteiger partial charge in [0.2, 0.25) is 0 Å². The smallest absolute Gasteiger partial charge is 0.164 e. The van der Waals surface area contributed by atoms with Crippen molar-refractivity contribution in [3.8, 4) is 45.3 Å². The molecule has 0 unspecified atom stereocenters. The zero-order valence-electron chi connectivity index (χ0n) is 24.2. The van der Waals surface area contributed by atoms with Gasteiger partial charge in [0.15, 0.2) is 17.5 Å². The predicted molar refractivity (Wildman–Crippen MR) is 184 cm³/mol. The maximum Gasteiger partial charge on any atom is 0.164 e. The van der Waals surface area contributed by atoms with E-state index in [0.717, 1.165) is 65.9 Å². The molecule has 0 amide bonds. The van der Waals surface area contributed by atoms with Gasteiger partial charge in [0.1, 0.15) is 11.2 Å². The van der Waals surface area contributed by atoms with Crippen LogP contribution in [0.25, 0.3) is 88.8 Å². The molecule has 45 heavy (non-hydrogen) atoms. The van der Waals surface area contributed by atoms with E-state index in [4.69, 9.17) is 19.4 Å². The normalized spacial score (nSPS) is 11.6. The van der Waals surface area contributed by atoms with Gasteiger partial charge >= 0.3 is 0 Å². The van der Waals surface area contributed by atoms with Crippen LogP contribution < -0.4 is 0 Å². The third-order valence-corrected chi connectivity index (χ3v) is 8.49. The largest absolute Gasteiger partial charge is 0.455 e. The van der Waals surface area contributed by atoms with Crippen LogP contribution in [0.2, 0.25) is 0 Å². The Morgan fingerprint density at radius 3 is 1.80 bits per heavy atom. The summed E-state index contributed by atoms with van der Waals surface area (Å²) >= 11 is 0. The van der Waals surface area contributed by atoms with Crippen molar-refractivity contribution in [2.75, 3.05) is 0 Å². The van der Waals surface area contributed by atoms with E-state index in [1.54, 1.807) is 0 Å². The van der Waals surface area contributed by atoms with E-state index in [-0.39, 0.29) is 0 Å². The molecule has 7 aromatic carbocycles. The summed E-state index contributed by atoms with van der Waals surface area (Å²) in [6.45, 7) is 0. The van der Waals surface area contributed by atoms with E-state index in [0.29, 0.717) is 17.5 Å². The van der Waals surface area contributed by atoms with Gasteiger partial charge in [-0.15, -0.1) is 0 Å². The first-order chi connectivity index (χ1) is 22.3. The molecule has 0 bridgehead atoms. The van der Waals surface area contributed by atoms with Crippen molar-refractivity contribution in [1.29, 1.82) is 0 Å². The molecular formula is C41H25N3O. The highest BCUT2D eigenvalue weighted by Crippen LogP contribution is 2.42. The molecule has 9 aromatic rings. The van der Waals surface area contributed by atoms with Crippen LogP contribution in [-0.4, -0.2) is 15.0 Å². The van der Waals surface area contributed by atoms with E-state index >= 15 is 0 Å². The molecule has 0 aliphatic heterocycles. The van der Waals surface area contributed by atoms with Gasteiger partial charge in [0.25, 0.3) is 0 Å². The number of nitrogens with zero attached hydrogens (tertiary/aromatic N) is 3. The van der Waals surface area contributed by atoms with Crippen molar-refractivity contribution in [3.63, 3.8) is 0 Å². The summed E-state index contributed by atoms with van der Waals surface area (Å²) in [5.74, 6) is 1.85. The predicted octanol–water partition coefficient (Wildman–Crippen LogP) is 10.7. The maximum absolute atomic E-state index is 6.70. The Bertz CT molecular complexity index is 2540. The van der Waals surface area contributed by atoms with Crippen molar-refractivity contribution in [3.05, 3.63) is 152 Å². The van der Waals surface area contributed by atoms with E-state index in [9.17, 15) is 0 Å². The Balaban J connectivity index is 1.37.